The molecule has 1 aliphatic rings. The molecule has 0 radical (unpaired) electrons. The highest BCUT2D eigenvalue weighted by atomic mass is 16.2. The van der Waals surface area contributed by atoms with Crippen LogP contribution in [0.4, 0.5) is 4.79 Å². The van der Waals surface area contributed by atoms with Crippen molar-refractivity contribution in [2.75, 3.05) is 13.1 Å². The van der Waals surface area contributed by atoms with Crippen LogP contribution in [0, 0.1) is 5.92 Å². The molecule has 112 valence electrons. The number of fused-ring (bicyclic) bond motifs is 1. The quantitative estimate of drug-likeness (QED) is 0.911. The highest BCUT2D eigenvalue weighted by Gasteiger charge is 2.26. The second-order valence-electron chi connectivity index (χ2n) is 5.82. The largest absolute Gasteiger partial charge is 0.340 e. The van der Waals surface area contributed by atoms with E-state index >= 15 is 0 Å². The molecule has 0 bridgehead atoms. The average Bonchev–Trinajstić information content (AvgIpc) is 3.13. The van der Waals surface area contributed by atoms with Gasteiger partial charge < -0.3 is 15.2 Å². The predicted molar refractivity (Wildman–Crippen MR) is 83.0 cm³/mol. The minimum Gasteiger partial charge on any atom is -0.340 e. The number of amides is 2. The lowest BCUT2D eigenvalue weighted by atomic mass is 10.1. The van der Waals surface area contributed by atoms with Gasteiger partial charge in [-0.05, 0) is 31.4 Å². The lowest BCUT2D eigenvalue weighted by Gasteiger charge is -2.20. The third-order valence-electron chi connectivity index (χ3n) is 4.31. The van der Waals surface area contributed by atoms with Crippen LogP contribution in [0.5, 0.6) is 0 Å². The van der Waals surface area contributed by atoms with Gasteiger partial charge in [-0.15, -0.1) is 0 Å². The van der Waals surface area contributed by atoms with E-state index in [0.717, 1.165) is 42.8 Å². The van der Waals surface area contributed by atoms with Crippen molar-refractivity contribution >= 4 is 17.1 Å². The van der Waals surface area contributed by atoms with Crippen molar-refractivity contribution in [1.82, 2.24) is 20.2 Å². The van der Waals surface area contributed by atoms with Crippen molar-refractivity contribution in [3.63, 3.8) is 0 Å². The average molecular weight is 286 g/mol. The number of urea groups is 1. The summed E-state index contributed by atoms with van der Waals surface area (Å²) >= 11 is 0. The number of carbonyl (C=O) groups excluding carboxylic acids is 1. The zero-order valence-electron chi connectivity index (χ0n) is 12.6. The topological polar surface area (TPSA) is 61.0 Å². The second-order valence-corrected chi connectivity index (χ2v) is 5.82. The summed E-state index contributed by atoms with van der Waals surface area (Å²) in [4.78, 5) is 22.0. The van der Waals surface area contributed by atoms with Gasteiger partial charge in [0.25, 0.3) is 0 Å². The van der Waals surface area contributed by atoms with Crippen LogP contribution < -0.4 is 5.32 Å². The Kier molecular flexibility index (Phi) is 3.82. The minimum atomic E-state index is -0.120. The Morgan fingerprint density at radius 3 is 3.05 bits per heavy atom. The Morgan fingerprint density at radius 2 is 2.33 bits per heavy atom. The van der Waals surface area contributed by atoms with Crippen LogP contribution in [0.2, 0.25) is 0 Å². The molecule has 2 amide bonds. The van der Waals surface area contributed by atoms with Crippen molar-refractivity contribution in [3.05, 3.63) is 30.1 Å². The van der Waals surface area contributed by atoms with Crippen LogP contribution in [0.3, 0.4) is 0 Å². The maximum atomic E-state index is 12.3. The SMILES string of the molecule is CC[C@H]1CCN(C(=O)N[C@@H](C)c2nc3ccccc3[nH]2)C1. The van der Waals surface area contributed by atoms with Crippen LogP contribution >= 0.6 is 0 Å². The molecule has 1 fully saturated rings. The molecule has 5 heteroatoms. The number of hydrogen-bond donors (Lipinski definition) is 2. The number of nitrogens with zero attached hydrogens (tertiary/aromatic N) is 2. The number of para-hydroxylation sites is 2. The lowest BCUT2D eigenvalue weighted by molar-refractivity contribution is 0.203. The molecule has 0 unspecified atom stereocenters. The Labute approximate surface area is 124 Å². The van der Waals surface area contributed by atoms with Crippen LogP contribution in [-0.2, 0) is 0 Å². The van der Waals surface area contributed by atoms with Crippen LogP contribution in [-0.4, -0.2) is 34.0 Å². The Morgan fingerprint density at radius 1 is 1.52 bits per heavy atom. The zero-order chi connectivity index (χ0) is 14.8. The van der Waals surface area contributed by atoms with Gasteiger partial charge in [0, 0.05) is 13.1 Å². The van der Waals surface area contributed by atoms with Crippen molar-refractivity contribution in [3.8, 4) is 0 Å². The van der Waals surface area contributed by atoms with E-state index in [4.69, 9.17) is 0 Å². The van der Waals surface area contributed by atoms with Gasteiger partial charge in [0.2, 0.25) is 0 Å². The van der Waals surface area contributed by atoms with E-state index in [1.54, 1.807) is 0 Å². The standard InChI is InChI=1S/C16H22N4O/c1-3-12-8-9-20(10-12)16(21)17-11(2)15-18-13-6-4-5-7-14(13)19-15/h4-7,11-12H,3,8-10H2,1-2H3,(H,17,21)(H,18,19)/t11-,12-/m0/s1. The van der Waals surface area contributed by atoms with Gasteiger partial charge in [-0.25, -0.2) is 9.78 Å². The van der Waals surface area contributed by atoms with Crippen molar-refractivity contribution in [2.45, 2.75) is 32.7 Å². The molecule has 3 rings (SSSR count). The first kappa shape index (κ1) is 13.9. The molecule has 2 N–H and O–H groups in total. The van der Waals surface area contributed by atoms with E-state index in [-0.39, 0.29) is 12.1 Å². The summed E-state index contributed by atoms with van der Waals surface area (Å²) in [6, 6.07) is 7.79. The Balaban J connectivity index is 1.65. The van der Waals surface area contributed by atoms with Gasteiger partial charge in [-0.1, -0.05) is 25.5 Å². The minimum absolute atomic E-state index is 0.0129. The van der Waals surface area contributed by atoms with Gasteiger partial charge in [0.15, 0.2) is 0 Å². The summed E-state index contributed by atoms with van der Waals surface area (Å²) in [5.74, 6) is 1.45. The van der Waals surface area contributed by atoms with E-state index in [0.29, 0.717) is 5.92 Å². The van der Waals surface area contributed by atoms with Gasteiger partial charge in [-0.3, -0.25) is 0 Å². The van der Waals surface area contributed by atoms with Crippen molar-refractivity contribution in [1.29, 1.82) is 0 Å². The lowest BCUT2D eigenvalue weighted by Crippen LogP contribution is -2.39. The molecule has 2 atom stereocenters. The Bertz CT molecular complexity index is 603. The van der Waals surface area contributed by atoms with Gasteiger partial charge in [0.1, 0.15) is 5.82 Å². The number of likely N-dealkylation sites (tertiary alicyclic amines) is 1. The van der Waals surface area contributed by atoms with Crippen molar-refractivity contribution < 1.29 is 4.79 Å². The third-order valence-corrected chi connectivity index (χ3v) is 4.31. The number of H-pyrrole nitrogens is 1. The van der Waals surface area contributed by atoms with Crippen LogP contribution in [0.1, 0.15) is 38.6 Å². The maximum Gasteiger partial charge on any atom is 0.317 e. The first-order valence-electron chi connectivity index (χ1n) is 7.67. The number of aromatic nitrogens is 2. The summed E-state index contributed by atoms with van der Waals surface area (Å²) in [5.41, 5.74) is 1.93. The van der Waals surface area contributed by atoms with E-state index in [1.165, 1.54) is 0 Å². The number of carbonyl (C=O) groups is 1. The monoisotopic (exact) mass is 286 g/mol. The molecule has 1 aliphatic heterocycles. The third kappa shape index (κ3) is 2.86. The van der Waals surface area contributed by atoms with Crippen LogP contribution in [0.25, 0.3) is 11.0 Å². The first-order valence-corrected chi connectivity index (χ1v) is 7.67. The molecule has 2 aromatic rings. The molecule has 0 saturated carbocycles. The Hall–Kier alpha value is -2.04. The number of nitrogens with one attached hydrogen (secondary N) is 2. The van der Waals surface area contributed by atoms with Gasteiger partial charge >= 0.3 is 6.03 Å². The first-order chi connectivity index (χ1) is 10.2. The smallest absolute Gasteiger partial charge is 0.317 e. The van der Waals surface area contributed by atoms with E-state index in [9.17, 15) is 4.79 Å². The second kappa shape index (κ2) is 5.76. The fourth-order valence-electron chi connectivity index (χ4n) is 2.87. The molecule has 2 heterocycles. The van der Waals surface area contributed by atoms with Crippen molar-refractivity contribution in [2.24, 2.45) is 5.92 Å². The molecule has 1 aromatic heterocycles. The fourth-order valence-corrected chi connectivity index (χ4v) is 2.87. The highest BCUT2D eigenvalue weighted by molar-refractivity contribution is 5.76. The normalized spacial score (nSPS) is 19.9. The molecule has 21 heavy (non-hydrogen) atoms. The number of hydrogen-bond acceptors (Lipinski definition) is 2. The molecule has 1 aromatic carbocycles. The van der Waals surface area contributed by atoms with Gasteiger partial charge in [0.05, 0.1) is 17.1 Å². The number of aromatic amines is 1. The molecule has 0 aliphatic carbocycles. The van der Waals surface area contributed by atoms with Gasteiger partial charge in [-0.2, -0.15) is 0 Å². The molecular formula is C16H22N4O. The number of benzene rings is 1. The molecule has 0 spiro atoms. The zero-order valence-corrected chi connectivity index (χ0v) is 12.6. The summed E-state index contributed by atoms with van der Waals surface area (Å²) in [6.07, 6.45) is 2.26. The molecule has 1 saturated heterocycles. The van der Waals surface area contributed by atoms with E-state index in [2.05, 4.69) is 22.2 Å². The summed E-state index contributed by atoms with van der Waals surface area (Å²) in [5, 5.41) is 3.04. The number of rotatable bonds is 3. The fraction of sp³-hybridized carbons (Fsp3) is 0.500. The molecule has 5 nitrogen and oxygen atoms in total. The van der Waals surface area contributed by atoms with E-state index in [1.807, 2.05) is 36.1 Å². The van der Waals surface area contributed by atoms with E-state index < -0.39 is 0 Å². The summed E-state index contributed by atoms with van der Waals surface area (Å²) in [7, 11) is 0. The maximum absolute atomic E-state index is 12.3. The highest BCUT2D eigenvalue weighted by Crippen LogP contribution is 2.20. The summed E-state index contributed by atoms with van der Waals surface area (Å²) in [6.45, 7) is 5.87. The number of imidazole rings is 1. The molecular weight excluding hydrogens is 264 g/mol. The van der Waals surface area contributed by atoms with Crippen LogP contribution in [0.15, 0.2) is 24.3 Å². The predicted octanol–water partition coefficient (Wildman–Crippen LogP) is 3.07. The summed E-state index contributed by atoms with van der Waals surface area (Å²) < 4.78 is 0.